The van der Waals surface area contributed by atoms with E-state index in [1.165, 1.54) is 23.3 Å². The Bertz CT molecular complexity index is 1130. The van der Waals surface area contributed by atoms with Crippen LogP contribution in [0.25, 0.3) is 0 Å². The zero-order chi connectivity index (χ0) is 23.1. The van der Waals surface area contributed by atoms with Crippen molar-refractivity contribution in [3.63, 3.8) is 0 Å². The van der Waals surface area contributed by atoms with E-state index in [0.717, 1.165) is 43.8 Å². The largest absolute Gasteiger partial charge is 0.504 e. The van der Waals surface area contributed by atoms with Crippen LogP contribution in [0.2, 0.25) is 0 Å². The molecule has 0 unspecified atom stereocenters. The third-order valence-corrected chi connectivity index (χ3v) is 10.2. The predicted molar refractivity (Wildman–Crippen MR) is 129 cm³/mol. The number of hydrogen-bond acceptors (Lipinski definition) is 6. The van der Waals surface area contributed by atoms with Crippen molar-refractivity contribution in [2.75, 3.05) is 13.1 Å². The summed E-state index contributed by atoms with van der Waals surface area (Å²) < 4.78 is 6.53. The fourth-order valence-corrected chi connectivity index (χ4v) is 8.31. The summed E-state index contributed by atoms with van der Waals surface area (Å²) in [5, 5.41) is 28.5. The van der Waals surface area contributed by atoms with Gasteiger partial charge in [0.25, 0.3) is 0 Å². The SMILES string of the molecule is O=C(CCc1cccs1)N[C@@H]1CC[C@@]2(O)[C@H]3Cc4ccc(O)c5c4[C@@]2(CCN3CC2CC2)[C@H]1O5. The van der Waals surface area contributed by atoms with Gasteiger partial charge in [0.15, 0.2) is 11.5 Å². The Kier molecular flexibility index (Phi) is 4.65. The lowest BCUT2D eigenvalue weighted by atomic mass is 9.48. The van der Waals surface area contributed by atoms with Gasteiger partial charge in [-0.25, -0.2) is 0 Å². The van der Waals surface area contributed by atoms with E-state index < -0.39 is 11.0 Å². The summed E-state index contributed by atoms with van der Waals surface area (Å²) in [5.41, 5.74) is 0.716. The Morgan fingerprint density at radius 3 is 2.91 bits per heavy atom. The number of carbonyl (C=O) groups is 1. The number of thiophene rings is 1. The zero-order valence-electron chi connectivity index (χ0n) is 19.3. The minimum absolute atomic E-state index is 0.0303. The van der Waals surface area contributed by atoms with Crippen molar-refractivity contribution in [3.05, 3.63) is 45.6 Å². The first-order valence-electron chi connectivity index (χ1n) is 12.8. The number of aromatic hydroxyl groups is 1. The molecule has 3 aliphatic carbocycles. The second-order valence-corrected chi connectivity index (χ2v) is 12.1. The molecular formula is C27H32N2O4S. The van der Waals surface area contributed by atoms with Crippen molar-refractivity contribution in [1.82, 2.24) is 10.2 Å². The number of nitrogens with zero attached hydrogens (tertiary/aromatic N) is 1. The number of piperidine rings is 1. The van der Waals surface area contributed by atoms with Crippen LogP contribution in [0.3, 0.4) is 0 Å². The van der Waals surface area contributed by atoms with E-state index in [1.807, 2.05) is 17.5 Å². The lowest BCUT2D eigenvalue weighted by molar-refractivity contribution is -0.192. The van der Waals surface area contributed by atoms with Crippen molar-refractivity contribution < 1.29 is 19.7 Å². The molecule has 1 aromatic heterocycles. The van der Waals surface area contributed by atoms with Gasteiger partial charge in [0.2, 0.25) is 5.91 Å². The molecule has 2 aliphatic heterocycles. The number of aliphatic hydroxyl groups is 1. The smallest absolute Gasteiger partial charge is 0.220 e. The summed E-state index contributed by atoms with van der Waals surface area (Å²) in [7, 11) is 0. The molecule has 6 nitrogen and oxygen atoms in total. The Morgan fingerprint density at radius 1 is 1.24 bits per heavy atom. The minimum Gasteiger partial charge on any atom is -0.504 e. The Morgan fingerprint density at radius 2 is 2.12 bits per heavy atom. The second kappa shape index (κ2) is 7.45. The summed E-state index contributed by atoms with van der Waals surface area (Å²) in [6.07, 6.45) is 6.34. The van der Waals surface area contributed by atoms with Crippen LogP contribution in [0, 0.1) is 5.92 Å². The number of carbonyl (C=O) groups excluding carboxylic acids is 1. The highest BCUT2D eigenvalue weighted by molar-refractivity contribution is 7.09. The van der Waals surface area contributed by atoms with Crippen LogP contribution in [-0.4, -0.2) is 57.9 Å². The number of phenolic OH excluding ortho intramolecular Hbond substituents is 1. The number of nitrogens with one attached hydrogen (secondary N) is 1. The summed E-state index contributed by atoms with van der Waals surface area (Å²) >= 11 is 1.68. The van der Waals surface area contributed by atoms with E-state index in [-0.39, 0.29) is 29.8 Å². The van der Waals surface area contributed by atoms with E-state index in [0.29, 0.717) is 25.0 Å². The zero-order valence-corrected chi connectivity index (χ0v) is 20.2. The maximum atomic E-state index is 12.9. The molecule has 1 amide bonds. The van der Waals surface area contributed by atoms with Gasteiger partial charge >= 0.3 is 0 Å². The highest BCUT2D eigenvalue weighted by Gasteiger charge is 2.73. The maximum absolute atomic E-state index is 12.9. The van der Waals surface area contributed by atoms with Crippen LogP contribution in [-0.2, 0) is 23.1 Å². The van der Waals surface area contributed by atoms with Crippen molar-refractivity contribution >= 4 is 17.2 Å². The number of ether oxygens (including phenoxy) is 1. The van der Waals surface area contributed by atoms with Crippen molar-refractivity contribution in [1.29, 1.82) is 0 Å². The van der Waals surface area contributed by atoms with Crippen LogP contribution in [0.1, 0.15) is 54.5 Å². The lowest BCUT2D eigenvalue weighted by Gasteiger charge is -2.64. The number of phenols is 1. The summed E-state index contributed by atoms with van der Waals surface area (Å²) in [5.74, 6) is 1.48. The third-order valence-electron chi connectivity index (χ3n) is 9.29. The molecule has 7 rings (SSSR count). The molecule has 2 bridgehead atoms. The maximum Gasteiger partial charge on any atom is 0.220 e. The van der Waals surface area contributed by atoms with Crippen LogP contribution < -0.4 is 10.1 Å². The molecule has 3 heterocycles. The first kappa shape index (κ1) is 21.2. The van der Waals surface area contributed by atoms with Gasteiger partial charge in [-0.1, -0.05) is 12.1 Å². The first-order valence-corrected chi connectivity index (χ1v) is 13.7. The molecule has 5 atom stereocenters. The molecule has 7 heteroatoms. The molecule has 1 spiro atoms. The van der Waals surface area contributed by atoms with Gasteiger partial charge in [-0.3, -0.25) is 9.69 Å². The molecule has 2 aromatic rings. The summed E-state index contributed by atoms with van der Waals surface area (Å²) in [6, 6.07) is 7.73. The van der Waals surface area contributed by atoms with E-state index in [2.05, 4.69) is 16.3 Å². The molecule has 2 saturated carbocycles. The molecule has 3 N–H and O–H groups in total. The molecule has 5 aliphatic rings. The van der Waals surface area contributed by atoms with Crippen LogP contribution in [0.4, 0.5) is 0 Å². The molecule has 0 radical (unpaired) electrons. The average Bonchev–Trinajstić information content (AvgIpc) is 3.33. The number of likely N-dealkylation sites (tertiary alicyclic amines) is 1. The molecule has 34 heavy (non-hydrogen) atoms. The normalized spacial score (nSPS) is 35.5. The number of aryl methyl sites for hydroxylation is 1. The fraction of sp³-hybridized carbons (Fsp3) is 0.593. The minimum atomic E-state index is -0.908. The van der Waals surface area contributed by atoms with Crippen molar-refractivity contribution in [2.45, 2.75) is 80.6 Å². The third kappa shape index (κ3) is 2.90. The number of benzene rings is 1. The van der Waals surface area contributed by atoms with Gasteiger partial charge < -0.3 is 20.3 Å². The standard InChI is InChI=1S/C27H32N2O4S/c30-20-7-5-17-14-21-27(32)10-9-19(28-22(31)8-6-18-2-1-13-34-18)25-26(27,23(17)24(20)33-25)11-12-29(21)15-16-3-4-16/h1-2,5,7,13,16,19,21,25,30,32H,3-4,6,8-12,14-15H2,(H,28,31)/t19-,21-,25+,26+,27-/m1/s1. The topological polar surface area (TPSA) is 82.0 Å². The molecule has 180 valence electrons. The van der Waals surface area contributed by atoms with Crippen LogP contribution in [0.5, 0.6) is 11.5 Å². The van der Waals surface area contributed by atoms with Gasteiger partial charge in [0.05, 0.1) is 17.1 Å². The molecule has 1 saturated heterocycles. The van der Waals surface area contributed by atoms with E-state index in [1.54, 1.807) is 17.4 Å². The molecular weight excluding hydrogens is 448 g/mol. The summed E-state index contributed by atoms with van der Waals surface area (Å²) in [6.45, 7) is 1.99. The van der Waals surface area contributed by atoms with Crippen molar-refractivity contribution in [3.8, 4) is 11.5 Å². The van der Waals surface area contributed by atoms with Crippen molar-refractivity contribution in [2.24, 2.45) is 5.92 Å². The average molecular weight is 481 g/mol. The van der Waals surface area contributed by atoms with Crippen LogP contribution in [0.15, 0.2) is 29.6 Å². The van der Waals surface area contributed by atoms with Gasteiger partial charge in [0, 0.05) is 29.4 Å². The number of amides is 1. The van der Waals surface area contributed by atoms with E-state index >= 15 is 0 Å². The fourth-order valence-electron chi connectivity index (χ4n) is 7.60. The van der Waals surface area contributed by atoms with Crippen LogP contribution >= 0.6 is 11.3 Å². The Hall–Kier alpha value is -2.09. The second-order valence-electron chi connectivity index (χ2n) is 11.1. The van der Waals surface area contributed by atoms with Gasteiger partial charge in [-0.05, 0) is 80.5 Å². The molecule has 1 aromatic carbocycles. The predicted octanol–water partition coefficient (Wildman–Crippen LogP) is 3.14. The Labute approximate surface area is 203 Å². The van der Waals surface area contributed by atoms with E-state index in [4.69, 9.17) is 4.74 Å². The van der Waals surface area contributed by atoms with Gasteiger partial charge in [-0.2, -0.15) is 0 Å². The molecule has 3 fully saturated rings. The highest BCUT2D eigenvalue weighted by atomic mass is 32.1. The van der Waals surface area contributed by atoms with Gasteiger partial charge in [-0.15, -0.1) is 11.3 Å². The number of rotatable bonds is 6. The monoisotopic (exact) mass is 480 g/mol. The first-order chi connectivity index (χ1) is 16.5. The van der Waals surface area contributed by atoms with E-state index in [9.17, 15) is 15.0 Å². The lowest BCUT2D eigenvalue weighted by Crippen LogP contribution is -2.78. The van der Waals surface area contributed by atoms with Gasteiger partial charge in [0.1, 0.15) is 6.10 Å². The summed E-state index contributed by atoms with van der Waals surface area (Å²) in [4.78, 5) is 16.7. The highest BCUT2D eigenvalue weighted by Crippen LogP contribution is 2.65. The quantitative estimate of drug-likeness (QED) is 0.592. The number of hydrogen-bond donors (Lipinski definition) is 3. The Balaban J connectivity index is 1.22.